The lowest BCUT2D eigenvalue weighted by molar-refractivity contribution is -0.137. The molecule has 0 heterocycles. The first-order chi connectivity index (χ1) is 8.82. The molecule has 0 bridgehead atoms. The Morgan fingerprint density at radius 2 is 1.79 bits per heavy atom. The van der Waals surface area contributed by atoms with E-state index in [-0.39, 0.29) is 0 Å². The van der Waals surface area contributed by atoms with E-state index in [1.807, 2.05) is 14.1 Å². The summed E-state index contributed by atoms with van der Waals surface area (Å²) in [5.41, 5.74) is 0.301. The quantitative estimate of drug-likeness (QED) is 0.858. The molecule has 0 saturated carbocycles. The molecule has 0 radical (unpaired) electrons. The molecule has 0 fully saturated rings. The van der Waals surface area contributed by atoms with Crippen LogP contribution in [0.25, 0.3) is 0 Å². The molecular formula is C14H21F3N2. The van der Waals surface area contributed by atoms with E-state index in [0.717, 1.165) is 30.8 Å². The maximum Gasteiger partial charge on any atom is 0.416 e. The van der Waals surface area contributed by atoms with Crippen LogP contribution < -0.4 is 5.32 Å². The standard InChI is InChI=1S/C14H21F3N2/c1-11(8-18-2)9-19(3)10-12-4-6-13(7-5-12)14(15,16)17/h4-7,11,18H,8-10H2,1-3H3. The van der Waals surface area contributed by atoms with Crippen molar-refractivity contribution in [1.29, 1.82) is 0 Å². The number of alkyl halides is 3. The zero-order valence-corrected chi connectivity index (χ0v) is 11.6. The molecule has 1 aromatic carbocycles. The van der Waals surface area contributed by atoms with Crippen LogP contribution in [0, 0.1) is 5.92 Å². The lowest BCUT2D eigenvalue weighted by atomic mass is 10.1. The second kappa shape index (κ2) is 6.91. The zero-order chi connectivity index (χ0) is 14.5. The smallest absolute Gasteiger partial charge is 0.319 e. The number of nitrogens with zero attached hydrogens (tertiary/aromatic N) is 1. The minimum absolute atomic E-state index is 0.504. The summed E-state index contributed by atoms with van der Waals surface area (Å²) in [4.78, 5) is 2.12. The van der Waals surface area contributed by atoms with Gasteiger partial charge in [-0.15, -0.1) is 0 Å². The highest BCUT2D eigenvalue weighted by Gasteiger charge is 2.29. The van der Waals surface area contributed by atoms with E-state index in [9.17, 15) is 13.2 Å². The van der Waals surface area contributed by atoms with Crippen LogP contribution in [0.5, 0.6) is 0 Å². The van der Waals surface area contributed by atoms with Crippen molar-refractivity contribution in [3.8, 4) is 0 Å². The highest BCUT2D eigenvalue weighted by Crippen LogP contribution is 2.29. The Morgan fingerprint density at radius 1 is 1.21 bits per heavy atom. The highest BCUT2D eigenvalue weighted by molar-refractivity contribution is 5.24. The van der Waals surface area contributed by atoms with Gasteiger partial charge in [-0.25, -0.2) is 0 Å². The van der Waals surface area contributed by atoms with Crippen molar-refractivity contribution in [2.45, 2.75) is 19.6 Å². The van der Waals surface area contributed by atoms with E-state index in [1.54, 1.807) is 12.1 Å². The predicted octanol–water partition coefficient (Wildman–Crippen LogP) is 2.99. The van der Waals surface area contributed by atoms with Gasteiger partial charge >= 0.3 is 6.18 Å². The number of halogens is 3. The maximum absolute atomic E-state index is 12.4. The van der Waals surface area contributed by atoms with Gasteiger partial charge in [0.15, 0.2) is 0 Å². The van der Waals surface area contributed by atoms with E-state index in [1.165, 1.54) is 0 Å². The summed E-state index contributed by atoms with van der Waals surface area (Å²) in [6.45, 7) is 4.63. The molecule has 0 amide bonds. The molecule has 0 spiro atoms. The average Bonchev–Trinajstić information content (AvgIpc) is 2.28. The predicted molar refractivity (Wildman–Crippen MR) is 70.9 cm³/mol. The Labute approximate surface area is 112 Å². The van der Waals surface area contributed by atoms with Crippen molar-refractivity contribution in [3.63, 3.8) is 0 Å². The molecule has 0 aliphatic carbocycles. The molecule has 0 aliphatic heterocycles. The van der Waals surface area contributed by atoms with Gasteiger partial charge in [-0.1, -0.05) is 19.1 Å². The van der Waals surface area contributed by atoms with E-state index in [0.29, 0.717) is 12.5 Å². The first-order valence-corrected chi connectivity index (χ1v) is 6.32. The summed E-state index contributed by atoms with van der Waals surface area (Å²) < 4.78 is 37.3. The van der Waals surface area contributed by atoms with E-state index >= 15 is 0 Å². The molecular weight excluding hydrogens is 253 g/mol. The van der Waals surface area contributed by atoms with Crippen LogP contribution in [0.4, 0.5) is 13.2 Å². The minimum atomic E-state index is -4.26. The molecule has 0 aliphatic rings. The van der Waals surface area contributed by atoms with Gasteiger partial charge in [-0.2, -0.15) is 13.2 Å². The average molecular weight is 274 g/mol. The second-order valence-corrected chi connectivity index (χ2v) is 5.05. The molecule has 1 atom stereocenters. The molecule has 1 unspecified atom stereocenters. The topological polar surface area (TPSA) is 15.3 Å². The molecule has 19 heavy (non-hydrogen) atoms. The van der Waals surface area contributed by atoms with Crippen molar-refractivity contribution in [2.24, 2.45) is 5.92 Å². The van der Waals surface area contributed by atoms with Gasteiger partial charge in [0.2, 0.25) is 0 Å². The zero-order valence-electron chi connectivity index (χ0n) is 11.6. The van der Waals surface area contributed by atoms with Crippen LogP contribution >= 0.6 is 0 Å². The van der Waals surface area contributed by atoms with Crippen molar-refractivity contribution >= 4 is 0 Å². The van der Waals surface area contributed by atoms with Gasteiger partial charge < -0.3 is 10.2 Å². The van der Waals surface area contributed by atoms with E-state index in [4.69, 9.17) is 0 Å². The summed E-state index contributed by atoms with van der Waals surface area (Å²) in [6, 6.07) is 5.37. The van der Waals surface area contributed by atoms with Crippen LogP contribution in [0.3, 0.4) is 0 Å². The first-order valence-electron chi connectivity index (χ1n) is 6.32. The molecule has 1 rings (SSSR count). The Kier molecular flexibility index (Phi) is 5.82. The van der Waals surface area contributed by atoms with E-state index in [2.05, 4.69) is 17.1 Å². The monoisotopic (exact) mass is 274 g/mol. The number of hydrogen-bond acceptors (Lipinski definition) is 2. The molecule has 2 nitrogen and oxygen atoms in total. The molecule has 0 aromatic heterocycles. The minimum Gasteiger partial charge on any atom is -0.319 e. The lowest BCUT2D eigenvalue weighted by Gasteiger charge is -2.21. The number of hydrogen-bond donors (Lipinski definition) is 1. The third-order valence-corrected chi connectivity index (χ3v) is 2.91. The van der Waals surface area contributed by atoms with Crippen molar-refractivity contribution in [3.05, 3.63) is 35.4 Å². The summed E-state index contributed by atoms with van der Waals surface area (Å²) >= 11 is 0. The fourth-order valence-corrected chi connectivity index (χ4v) is 2.12. The number of rotatable bonds is 6. The summed E-state index contributed by atoms with van der Waals surface area (Å²) in [7, 11) is 3.89. The van der Waals surface area contributed by atoms with Gasteiger partial charge in [0, 0.05) is 13.1 Å². The van der Waals surface area contributed by atoms with Crippen molar-refractivity contribution in [1.82, 2.24) is 10.2 Å². The Hall–Kier alpha value is -1.07. The maximum atomic E-state index is 12.4. The fraction of sp³-hybridized carbons (Fsp3) is 0.571. The Morgan fingerprint density at radius 3 is 2.26 bits per heavy atom. The third kappa shape index (κ3) is 5.61. The van der Waals surface area contributed by atoms with Crippen LogP contribution in [0.15, 0.2) is 24.3 Å². The Bertz CT molecular complexity index is 373. The molecule has 0 saturated heterocycles. The summed E-state index contributed by atoms with van der Waals surface area (Å²) in [5.74, 6) is 0.504. The van der Waals surface area contributed by atoms with Crippen LogP contribution in [-0.2, 0) is 12.7 Å². The lowest BCUT2D eigenvalue weighted by Crippen LogP contribution is -2.29. The van der Waals surface area contributed by atoms with E-state index < -0.39 is 11.7 Å². The molecule has 108 valence electrons. The number of nitrogens with one attached hydrogen (secondary N) is 1. The van der Waals surface area contributed by atoms with Gasteiger partial charge in [-0.3, -0.25) is 0 Å². The first kappa shape index (κ1) is 16.0. The Balaban J connectivity index is 2.53. The van der Waals surface area contributed by atoms with Gasteiger partial charge in [0.1, 0.15) is 0 Å². The van der Waals surface area contributed by atoms with Crippen LogP contribution in [0.1, 0.15) is 18.1 Å². The summed E-state index contributed by atoms with van der Waals surface area (Å²) in [5, 5.41) is 3.11. The third-order valence-electron chi connectivity index (χ3n) is 2.91. The van der Waals surface area contributed by atoms with Gasteiger partial charge in [0.05, 0.1) is 5.56 Å². The fourth-order valence-electron chi connectivity index (χ4n) is 2.12. The van der Waals surface area contributed by atoms with Gasteiger partial charge in [-0.05, 0) is 44.3 Å². The molecule has 1 aromatic rings. The molecule has 5 heteroatoms. The molecule has 1 N–H and O–H groups in total. The SMILES string of the molecule is CNCC(C)CN(C)Cc1ccc(C(F)(F)F)cc1. The van der Waals surface area contributed by atoms with Crippen LogP contribution in [-0.4, -0.2) is 32.1 Å². The number of benzene rings is 1. The highest BCUT2D eigenvalue weighted by atomic mass is 19.4. The van der Waals surface area contributed by atoms with Crippen molar-refractivity contribution in [2.75, 3.05) is 27.2 Å². The van der Waals surface area contributed by atoms with Gasteiger partial charge in [0.25, 0.3) is 0 Å². The normalized spacial score (nSPS) is 13.8. The summed E-state index contributed by atoms with van der Waals surface area (Å²) in [6.07, 6.45) is -4.26. The van der Waals surface area contributed by atoms with Crippen molar-refractivity contribution < 1.29 is 13.2 Å². The largest absolute Gasteiger partial charge is 0.416 e. The van der Waals surface area contributed by atoms with Crippen LogP contribution in [0.2, 0.25) is 0 Å². The second-order valence-electron chi connectivity index (χ2n) is 5.05.